The lowest BCUT2D eigenvalue weighted by molar-refractivity contribution is 0.596. The van der Waals surface area contributed by atoms with E-state index in [9.17, 15) is 0 Å². The number of nitrogens with two attached hydrogens (primary N) is 1. The maximum absolute atomic E-state index is 6.39. The summed E-state index contributed by atoms with van der Waals surface area (Å²) in [6, 6.07) is 10.6. The normalized spacial score (nSPS) is 14.2. The van der Waals surface area contributed by atoms with E-state index >= 15 is 0 Å². The second-order valence-electron chi connectivity index (χ2n) is 5.02. The lowest BCUT2D eigenvalue weighted by Gasteiger charge is -2.21. The van der Waals surface area contributed by atoms with Gasteiger partial charge in [0.2, 0.25) is 0 Å². The molecule has 2 N–H and O–H groups in total. The van der Waals surface area contributed by atoms with Gasteiger partial charge in [0.15, 0.2) is 0 Å². The van der Waals surface area contributed by atoms with Gasteiger partial charge >= 0.3 is 0 Å². The highest BCUT2D eigenvalue weighted by atomic mass is 14.7. The van der Waals surface area contributed by atoms with E-state index in [0.717, 1.165) is 0 Å². The van der Waals surface area contributed by atoms with Crippen molar-refractivity contribution in [3.05, 3.63) is 65.0 Å². The van der Waals surface area contributed by atoms with Crippen LogP contribution < -0.4 is 5.73 Å². The largest absolute Gasteiger partial charge is 0.323 e. The van der Waals surface area contributed by atoms with E-state index in [-0.39, 0.29) is 12.0 Å². The van der Waals surface area contributed by atoms with Gasteiger partial charge < -0.3 is 5.73 Å². The molecule has 0 bridgehead atoms. The summed E-state index contributed by atoms with van der Waals surface area (Å²) >= 11 is 0. The summed E-state index contributed by atoms with van der Waals surface area (Å²) in [7, 11) is 0. The van der Waals surface area contributed by atoms with Gasteiger partial charge in [0.1, 0.15) is 0 Å². The fourth-order valence-corrected chi connectivity index (χ4v) is 2.37. The van der Waals surface area contributed by atoms with Crippen LogP contribution in [0.4, 0.5) is 0 Å². The molecule has 2 atom stereocenters. The molecule has 0 saturated heterocycles. The monoisotopic (exact) mass is 240 g/mol. The molecule has 0 radical (unpaired) electrons. The average molecular weight is 240 g/mol. The van der Waals surface area contributed by atoms with Crippen molar-refractivity contribution in [3.8, 4) is 0 Å². The fraction of sp³-hybridized carbons (Fsp3) is 0.312. The first kappa shape index (κ1) is 12.8. The van der Waals surface area contributed by atoms with Gasteiger partial charge in [-0.2, -0.15) is 0 Å². The zero-order valence-corrected chi connectivity index (χ0v) is 11.2. The Balaban J connectivity index is 2.28. The third-order valence-corrected chi connectivity index (χ3v) is 3.40. The first-order valence-electron chi connectivity index (χ1n) is 6.31. The van der Waals surface area contributed by atoms with E-state index in [0.29, 0.717) is 0 Å². The van der Waals surface area contributed by atoms with Crippen LogP contribution in [-0.4, -0.2) is 4.98 Å². The lowest BCUT2D eigenvalue weighted by atomic mass is 9.88. The van der Waals surface area contributed by atoms with Crippen LogP contribution in [0.15, 0.2) is 42.7 Å². The fourth-order valence-electron chi connectivity index (χ4n) is 2.37. The number of rotatable bonds is 3. The van der Waals surface area contributed by atoms with Gasteiger partial charge in [-0.3, -0.25) is 4.98 Å². The van der Waals surface area contributed by atoms with Gasteiger partial charge in [-0.25, -0.2) is 0 Å². The van der Waals surface area contributed by atoms with Gasteiger partial charge in [0, 0.05) is 24.4 Å². The van der Waals surface area contributed by atoms with E-state index in [1.54, 1.807) is 0 Å². The molecule has 2 rings (SSSR count). The smallest absolute Gasteiger partial charge is 0.0362 e. The molecule has 1 heterocycles. The van der Waals surface area contributed by atoms with Crippen molar-refractivity contribution in [2.75, 3.05) is 0 Å². The van der Waals surface area contributed by atoms with E-state index in [1.165, 1.54) is 22.3 Å². The second kappa shape index (κ2) is 5.32. The Morgan fingerprint density at radius 3 is 2.06 bits per heavy atom. The van der Waals surface area contributed by atoms with Gasteiger partial charge in [0.05, 0.1) is 0 Å². The number of aromatic nitrogens is 1. The van der Waals surface area contributed by atoms with Crippen LogP contribution >= 0.6 is 0 Å². The SMILES string of the molecule is Cc1cc(C)cc(C(N)C(C)c2ccncc2)c1. The van der Waals surface area contributed by atoms with Crippen LogP contribution in [-0.2, 0) is 0 Å². The summed E-state index contributed by atoms with van der Waals surface area (Å²) < 4.78 is 0. The highest BCUT2D eigenvalue weighted by molar-refractivity contribution is 5.33. The zero-order chi connectivity index (χ0) is 13.1. The highest BCUT2D eigenvalue weighted by Crippen LogP contribution is 2.29. The molecule has 0 saturated carbocycles. The zero-order valence-electron chi connectivity index (χ0n) is 11.2. The van der Waals surface area contributed by atoms with Crippen LogP contribution in [0.1, 0.15) is 41.1 Å². The molecule has 0 aliphatic carbocycles. The summed E-state index contributed by atoms with van der Waals surface area (Å²) in [5, 5.41) is 0. The van der Waals surface area contributed by atoms with E-state index in [2.05, 4.69) is 44.0 Å². The number of hydrogen-bond acceptors (Lipinski definition) is 2. The van der Waals surface area contributed by atoms with E-state index < -0.39 is 0 Å². The van der Waals surface area contributed by atoms with Crippen LogP contribution in [0.5, 0.6) is 0 Å². The highest BCUT2D eigenvalue weighted by Gasteiger charge is 2.17. The average Bonchev–Trinajstić information content (AvgIpc) is 2.37. The first-order valence-corrected chi connectivity index (χ1v) is 6.31. The number of nitrogens with zero attached hydrogens (tertiary/aromatic N) is 1. The van der Waals surface area contributed by atoms with Gasteiger partial charge in [-0.15, -0.1) is 0 Å². The summed E-state index contributed by atoms with van der Waals surface area (Å²) in [6.07, 6.45) is 3.64. The molecular formula is C16H20N2. The Hall–Kier alpha value is -1.67. The van der Waals surface area contributed by atoms with Crippen molar-refractivity contribution >= 4 is 0 Å². The maximum Gasteiger partial charge on any atom is 0.0362 e. The molecule has 2 heteroatoms. The Kier molecular flexibility index (Phi) is 3.78. The molecule has 0 aliphatic heterocycles. The number of benzene rings is 1. The standard InChI is InChI=1S/C16H20N2/c1-11-8-12(2)10-15(9-11)16(17)13(3)14-4-6-18-7-5-14/h4-10,13,16H,17H2,1-3H3. The lowest BCUT2D eigenvalue weighted by Crippen LogP contribution is -2.18. The molecule has 2 aromatic rings. The maximum atomic E-state index is 6.39. The van der Waals surface area contributed by atoms with Crippen molar-refractivity contribution in [2.45, 2.75) is 32.7 Å². The van der Waals surface area contributed by atoms with E-state index in [4.69, 9.17) is 5.73 Å². The molecule has 0 fully saturated rings. The molecule has 1 aromatic carbocycles. The van der Waals surface area contributed by atoms with Crippen LogP contribution in [0, 0.1) is 13.8 Å². The molecule has 94 valence electrons. The van der Waals surface area contributed by atoms with Crippen molar-refractivity contribution in [3.63, 3.8) is 0 Å². The summed E-state index contributed by atoms with van der Waals surface area (Å²) in [5.41, 5.74) is 11.4. The minimum absolute atomic E-state index is 0.0194. The Labute approximate surface area is 109 Å². The van der Waals surface area contributed by atoms with Gasteiger partial charge in [-0.05, 0) is 37.1 Å². The van der Waals surface area contributed by atoms with Crippen LogP contribution in [0.2, 0.25) is 0 Å². The molecule has 2 nitrogen and oxygen atoms in total. The van der Waals surface area contributed by atoms with Gasteiger partial charge in [-0.1, -0.05) is 36.2 Å². The topological polar surface area (TPSA) is 38.9 Å². The predicted molar refractivity (Wildman–Crippen MR) is 75.5 cm³/mol. The van der Waals surface area contributed by atoms with Crippen LogP contribution in [0.25, 0.3) is 0 Å². The second-order valence-corrected chi connectivity index (χ2v) is 5.02. The number of aryl methyl sites for hydroxylation is 2. The molecule has 1 aromatic heterocycles. The number of pyridine rings is 1. The first-order chi connectivity index (χ1) is 8.58. The van der Waals surface area contributed by atoms with E-state index in [1.807, 2.05) is 24.5 Å². The summed E-state index contributed by atoms with van der Waals surface area (Å²) in [6.45, 7) is 6.39. The quantitative estimate of drug-likeness (QED) is 0.891. The third-order valence-electron chi connectivity index (χ3n) is 3.40. The minimum atomic E-state index is 0.0194. The minimum Gasteiger partial charge on any atom is -0.323 e. The summed E-state index contributed by atoms with van der Waals surface area (Å²) in [5.74, 6) is 0.286. The molecule has 0 spiro atoms. The predicted octanol–water partition coefficient (Wildman–Crippen LogP) is 3.50. The van der Waals surface area contributed by atoms with Crippen molar-refractivity contribution in [1.29, 1.82) is 0 Å². The molecule has 2 unspecified atom stereocenters. The van der Waals surface area contributed by atoms with Crippen LogP contribution in [0.3, 0.4) is 0 Å². The Morgan fingerprint density at radius 2 is 1.50 bits per heavy atom. The Bertz CT molecular complexity index is 500. The molecular weight excluding hydrogens is 220 g/mol. The van der Waals surface area contributed by atoms with Gasteiger partial charge in [0.25, 0.3) is 0 Å². The Morgan fingerprint density at radius 1 is 0.944 bits per heavy atom. The molecule has 18 heavy (non-hydrogen) atoms. The molecule has 0 aliphatic rings. The summed E-state index contributed by atoms with van der Waals surface area (Å²) in [4.78, 5) is 4.05. The van der Waals surface area contributed by atoms with Crippen molar-refractivity contribution < 1.29 is 0 Å². The van der Waals surface area contributed by atoms with Crippen molar-refractivity contribution in [2.24, 2.45) is 5.73 Å². The third kappa shape index (κ3) is 2.77. The number of hydrogen-bond donors (Lipinski definition) is 1. The molecule has 0 amide bonds. The van der Waals surface area contributed by atoms with Crippen molar-refractivity contribution in [1.82, 2.24) is 4.98 Å².